The van der Waals surface area contributed by atoms with Crippen LogP contribution in [0.15, 0.2) is 61.2 Å². The van der Waals surface area contributed by atoms with Gasteiger partial charge in [0.1, 0.15) is 30.9 Å². The number of carbonyl (C=O) groups is 1. The summed E-state index contributed by atoms with van der Waals surface area (Å²) in [5.41, 5.74) is 2.01. The van der Waals surface area contributed by atoms with Gasteiger partial charge in [-0.25, -0.2) is 4.39 Å². The molecule has 0 aliphatic heterocycles. The van der Waals surface area contributed by atoms with Crippen LogP contribution >= 0.6 is 0 Å². The second-order valence-electron chi connectivity index (χ2n) is 7.49. The molecule has 0 bridgehead atoms. The van der Waals surface area contributed by atoms with Crippen molar-refractivity contribution in [2.75, 3.05) is 26.4 Å². The van der Waals surface area contributed by atoms with Gasteiger partial charge in [-0.05, 0) is 47.9 Å². The molecular weight excluding hydrogens is 385 g/mol. The van der Waals surface area contributed by atoms with Crippen molar-refractivity contribution >= 4 is 5.91 Å². The largest absolute Gasteiger partial charge is 0.494 e. The van der Waals surface area contributed by atoms with Crippen LogP contribution in [0.3, 0.4) is 0 Å². The van der Waals surface area contributed by atoms with Crippen molar-refractivity contribution in [3.05, 3.63) is 72.3 Å². The van der Waals surface area contributed by atoms with E-state index in [0.717, 1.165) is 16.9 Å². The standard InChI is InChI=1S/C24H30FNO4/c1-4-23(28)26-14-5-15-29-21-10-6-18(7-11-21)24(2,3)19-8-12-22(13-9-19)30-17-20(27)16-25/h4,6-13,20,27H,1,5,14-17H2,2-3H3,(H,26,28). The molecule has 0 radical (unpaired) electrons. The fourth-order valence-corrected chi connectivity index (χ4v) is 2.89. The van der Waals surface area contributed by atoms with Crippen LogP contribution in [0.4, 0.5) is 4.39 Å². The van der Waals surface area contributed by atoms with E-state index >= 15 is 0 Å². The predicted octanol–water partition coefficient (Wildman–Crippen LogP) is 3.79. The number of ether oxygens (including phenoxy) is 2. The van der Waals surface area contributed by atoms with Crippen molar-refractivity contribution in [3.8, 4) is 11.5 Å². The van der Waals surface area contributed by atoms with E-state index in [9.17, 15) is 14.3 Å². The summed E-state index contributed by atoms with van der Waals surface area (Å²) in [7, 11) is 0. The minimum absolute atomic E-state index is 0.0681. The second-order valence-corrected chi connectivity index (χ2v) is 7.49. The number of carbonyl (C=O) groups excluding carboxylic acids is 1. The van der Waals surface area contributed by atoms with Gasteiger partial charge in [-0.1, -0.05) is 44.7 Å². The van der Waals surface area contributed by atoms with Gasteiger partial charge in [-0.2, -0.15) is 0 Å². The second kappa shape index (κ2) is 11.4. The van der Waals surface area contributed by atoms with E-state index in [1.54, 1.807) is 0 Å². The lowest BCUT2D eigenvalue weighted by molar-refractivity contribution is -0.116. The maximum Gasteiger partial charge on any atom is 0.243 e. The molecule has 5 nitrogen and oxygen atoms in total. The van der Waals surface area contributed by atoms with E-state index in [-0.39, 0.29) is 17.9 Å². The van der Waals surface area contributed by atoms with Gasteiger partial charge in [0.15, 0.2) is 0 Å². The number of rotatable bonds is 12. The van der Waals surface area contributed by atoms with Crippen molar-refractivity contribution in [1.82, 2.24) is 5.32 Å². The summed E-state index contributed by atoms with van der Waals surface area (Å²) >= 11 is 0. The molecule has 2 aromatic rings. The van der Waals surface area contributed by atoms with Crippen molar-refractivity contribution < 1.29 is 23.8 Å². The average molecular weight is 416 g/mol. The SMILES string of the molecule is C=CC(=O)NCCCOc1ccc(C(C)(C)c2ccc(OCC(O)CF)cc2)cc1. The topological polar surface area (TPSA) is 67.8 Å². The van der Waals surface area contributed by atoms with Crippen LogP contribution in [0.25, 0.3) is 0 Å². The van der Waals surface area contributed by atoms with Gasteiger partial charge in [-0.15, -0.1) is 0 Å². The van der Waals surface area contributed by atoms with Gasteiger partial charge < -0.3 is 19.9 Å². The zero-order valence-corrected chi connectivity index (χ0v) is 17.6. The van der Waals surface area contributed by atoms with E-state index in [2.05, 4.69) is 25.7 Å². The number of halogens is 1. The third kappa shape index (κ3) is 6.88. The zero-order valence-electron chi connectivity index (χ0n) is 17.6. The van der Waals surface area contributed by atoms with Gasteiger partial charge in [0.25, 0.3) is 0 Å². The van der Waals surface area contributed by atoms with Crippen LogP contribution in [0.1, 0.15) is 31.4 Å². The summed E-state index contributed by atoms with van der Waals surface area (Å²) in [6.07, 6.45) is 0.857. The Kier molecular flexibility index (Phi) is 8.87. The predicted molar refractivity (Wildman–Crippen MR) is 116 cm³/mol. The van der Waals surface area contributed by atoms with E-state index in [1.807, 2.05) is 48.5 Å². The smallest absolute Gasteiger partial charge is 0.243 e. The Morgan fingerprint density at radius 1 is 1.10 bits per heavy atom. The van der Waals surface area contributed by atoms with Crippen molar-refractivity contribution in [1.29, 1.82) is 0 Å². The molecule has 30 heavy (non-hydrogen) atoms. The molecule has 0 spiro atoms. The highest BCUT2D eigenvalue weighted by Crippen LogP contribution is 2.33. The van der Waals surface area contributed by atoms with Crippen molar-refractivity contribution in [3.63, 3.8) is 0 Å². The molecule has 0 aliphatic carbocycles. The van der Waals surface area contributed by atoms with E-state index < -0.39 is 12.8 Å². The molecule has 2 N–H and O–H groups in total. The molecule has 2 rings (SSSR count). The quantitative estimate of drug-likeness (QED) is 0.409. The van der Waals surface area contributed by atoms with Crippen molar-refractivity contribution in [2.45, 2.75) is 31.8 Å². The minimum atomic E-state index is -1.10. The first-order valence-electron chi connectivity index (χ1n) is 9.97. The molecular formula is C24H30FNO4. The maximum atomic E-state index is 12.3. The Morgan fingerprint density at radius 3 is 2.13 bits per heavy atom. The van der Waals surface area contributed by atoms with Gasteiger partial charge in [-0.3, -0.25) is 4.79 Å². The lowest BCUT2D eigenvalue weighted by Crippen LogP contribution is -2.23. The van der Waals surface area contributed by atoms with Crippen molar-refractivity contribution in [2.24, 2.45) is 0 Å². The van der Waals surface area contributed by atoms with Crippen LogP contribution in [-0.2, 0) is 10.2 Å². The number of aliphatic hydroxyl groups excluding tert-OH is 1. The molecule has 162 valence electrons. The molecule has 0 saturated heterocycles. The van der Waals surface area contributed by atoms with E-state index in [4.69, 9.17) is 9.47 Å². The fraction of sp³-hybridized carbons (Fsp3) is 0.375. The summed E-state index contributed by atoms with van der Waals surface area (Å²) < 4.78 is 23.4. The number of alkyl halides is 1. The summed E-state index contributed by atoms with van der Waals surface area (Å²) in [5.74, 6) is 1.19. The number of amides is 1. The molecule has 0 fully saturated rings. The molecule has 1 atom stereocenters. The monoisotopic (exact) mass is 415 g/mol. The normalized spacial score (nSPS) is 12.1. The highest BCUT2D eigenvalue weighted by Gasteiger charge is 2.23. The van der Waals surface area contributed by atoms with Crippen LogP contribution in [0.5, 0.6) is 11.5 Å². The first-order chi connectivity index (χ1) is 14.4. The highest BCUT2D eigenvalue weighted by atomic mass is 19.1. The third-order valence-electron chi connectivity index (χ3n) is 4.85. The Hall–Kier alpha value is -2.86. The molecule has 6 heteroatoms. The average Bonchev–Trinajstić information content (AvgIpc) is 2.77. The summed E-state index contributed by atoms with van der Waals surface area (Å²) in [5, 5.41) is 12.0. The number of benzene rings is 2. The minimum Gasteiger partial charge on any atom is -0.494 e. The zero-order chi connectivity index (χ0) is 22.0. The fourth-order valence-electron chi connectivity index (χ4n) is 2.89. The molecule has 0 aliphatic rings. The first kappa shape index (κ1) is 23.4. The summed E-state index contributed by atoms with van der Waals surface area (Å²) in [6.45, 7) is 7.84. The highest BCUT2D eigenvalue weighted by molar-refractivity contribution is 5.86. The maximum absolute atomic E-state index is 12.3. The van der Waals surface area contributed by atoms with Crippen LogP contribution < -0.4 is 14.8 Å². The summed E-state index contributed by atoms with van der Waals surface area (Å²) in [4.78, 5) is 11.1. The van der Waals surface area contributed by atoms with E-state index in [0.29, 0.717) is 25.3 Å². The number of nitrogens with one attached hydrogen (secondary N) is 1. The van der Waals surface area contributed by atoms with Gasteiger partial charge >= 0.3 is 0 Å². The number of aliphatic hydroxyl groups is 1. The van der Waals surface area contributed by atoms with E-state index in [1.165, 1.54) is 6.08 Å². The van der Waals surface area contributed by atoms with Gasteiger partial charge in [0.05, 0.1) is 6.61 Å². The Labute approximate surface area is 177 Å². The van der Waals surface area contributed by atoms with Crippen LogP contribution in [0, 0.1) is 0 Å². The molecule has 2 aromatic carbocycles. The lowest BCUT2D eigenvalue weighted by Gasteiger charge is -2.26. The third-order valence-corrected chi connectivity index (χ3v) is 4.85. The molecule has 0 aromatic heterocycles. The first-order valence-corrected chi connectivity index (χ1v) is 9.97. The number of hydrogen-bond acceptors (Lipinski definition) is 4. The molecule has 1 amide bonds. The summed E-state index contributed by atoms with van der Waals surface area (Å²) in [6, 6.07) is 15.5. The van der Waals surface area contributed by atoms with Crippen LogP contribution in [-0.4, -0.2) is 43.6 Å². The van der Waals surface area contributed by atoms with Crippen LogP contribution in [0.2, 0.25) is 0 Å². The number of hydrogen-bond donors (Lipinski definition) is 2. The molecule has 1 unspecified atom stereocenters. The Balaban J connectivity index is 1.91. The molecule has 0 heterocycles. The lowest BCUT2D eigenvalue weighted by atomic mass is 9.78. The van der Waals surface area contributed by atoms with Gasteiger partial charge in [0.2, 0.25) is 5.91 Å². The Morgan fingerprint density at radius 2 is 1.63 bits per heavy atom. The Bertz CT molecular complexity index is 803. The molecule has 0 saturated carbocycles. The van der Waals surface area contributed by atoms with Gasteiger partial charge in [0, 0.05) is 12.0 Å².